The maximum absolute atomic E-state index is 12.2. The number of rotatable bonds is 5. The molecule has 1 atom stereocenters. The third-order valence-electron chi connectivity index (χ3n) is 3.89. The standard InChI is InChI=1S/C16H24N2O2.ClH/c1-3-13-7-4-5-9-15(13)20-12-16(19)18-10-6-8-14(11-18)17-2;/h4-5,7,9,14,17H,3,6,8,10-12H2,1-2H3;1H. The van der Waals surface area contributed by atoms with Crippen LogP contribution in [0.15, 0.2) is 24.3 Å². The first-order valence-electron chi connectivity index (χ1n) is 7.40. The molecule has 0 bridgehead atoms. The molecular formula is C16H25ClN2O2. The Hall–Kier alpha value is -1.26. The molecule has 0 radical (unpaired) electrons. The maximum Gasteiger partial charge on any atom is 0.260 e. The van der Waals surface area contributed by atoms with E-state index in [9.17, 15) is 4.79 Å². The van der Waals surface area contributed by atoms with E-state index in [1.165, 1.54) is 0 Å². The number of likely N-dealkylation sites (N-methyl/N-ethyl adjacent to an activating group) is 1. The summed E-state index contributed by atoms with van der Waals surface area (Å²) in [7, 11) is 1.95. The fourth-order valence-corrected chi connectivity index (χ4v) is 2.61. The van der Waals surface area contributed by atoms with Crippen LogP contribution in [0.25, 0.3) is 0 Å². The number of hydrogen-bond donors (Lipinski definition) is 1. The Kier molecular flexibility index (Phi) is 7.54. The van der Waals surface area contributed by atoms with Crippen LogP contribution in [0.4, 0.5) is 0 Å². The molecular weight excluding hydrogens is 288 g/mol. The molecule has 1 saturated heterocycles. The van der Waals surface area contributed by atoms with Crippen molar-refractivity contribution in [2.45, 2.75) is 32.2 Å². The molecule has 118 valence electrons. The van der Waals surface area contributed by atoms with E-state index in [0.717, 1.165) is 43.7 Å². The van der Waals surface area contributed by atoms with Crippen LogP contribution >= 0.6 is 12.4 Å². The minimum atomic E-state index is 0. The van der Waals surface area contributed by atoms with E-state index in [0.29, 0.717) is 6.04 Å². The number of aryl methyl sites for hydroxylation is 1. The van der Waals surface area contributed by atoms with Gasteiger partial charge in [0.25, 0.3) is 5.91 Å². The van der Waals surface area contributed by atoms with Crippen molar-refractivity contribution in [3.63, 3.8) is 0 Å². The van der Waals surface area contributed by atoms with Crippen LogP contribution in [-0.4, -0.2) is 43.6 Å². The van der Waals surface area contributed by atoms with Crippen molar-refractivity contribution >= 4 is 18.3 Å². The molecule has 1 aromatic carbocycles. The average molecular weight is 313 g/mol. The first kappa shape index (κ1) is 17.8. The van der Waals surface area contributed by atoms with E-state index < -0.39 is 0 Å². The lowest BCUT2D eigenvalue weighted by atomic mass is 10.1. The number of carbonyl (C=O) groups is 1. The Bertz CT molecular complexity index is 454. The van der Waals surface area contributed by atoms with Crippen LogP contribution in [0, 0.1) is 0 Å². The zero-order valence-corrected chi connectivity index (χ0v) is 13.6. The lowest BCUT2D eigenvalue weighted by molar-refractivity contribution is -0.134. The molecule has 1 N–H and O–H groups in total. The van der Waals surface area contributed by atoms with E-state index in [1.54, 1.807) is 0 Å². The summed E-state index contributed by atoms with van der Waals surface area (Å²) < 4.78 is 5.70. The highest BCUT2D eigenvalue weighted by molar-refractivity contribution is 5.85. The highest BCUT2D eigenvalue weighted by atomic mass is 35.5. The number of para-hydroxylation sites is 1. The Balaban J connectivity index is 0.00000220. The first-order valence-corrected chi connectivity index (χ1v) is 7.40. The second-order valence-electron chi connectivity index (χ2n) is 5.22. The lowest BCUT2D eigenvalue weighted by Gasteiger charge is -2.32. The van der Waals surface area contributed by atoms with Gasteiger partial charge in [-0.3, -0.25) is 4.79 Å². The van der Waals surface area contributed by atoms with E-state index in [-0.39, 0.29) is 24.9 Å². The second-order valence-corrected chi connectivity index (χ2v) is 5.22. The van der Waals surface area contributed by atoms with Gasteiger partial charge in [-0.05, 0) is 37.9 Å². The summed E-state index contributed by atoms with van der Waals surface area (Å²) in [5, 5.41) is 3.25. The van der Waals surface area contributed by atoms with Gasteiger partial charge in [-0.1, -0.05) is 25.1 Å². The van der Waals surface area contributed by atoms with Crippen molar-refractivity contribution in [2.75, 3.05) is 26.7 Å². The molecule has 2 rings (SSSR count). The van der Waals surface area contributed by atoms with Gasteiger partial charge in [0.2, 0.25) is 0 Å². The van der Waals surface area contributed by atoms with E-state index >= 15 is 0 Å². The van der Waals surface area contributed by atoms with Gasteiger partial charge in [-0.2, -0.15) is 0 Å². The number of amides is 1. The number of piperidine rings is 1. The number of nitrogens with one attached hydrogen (secondary N) is 1. The zero-order valence-electron chi connectivity index (χ0n) is 12.8. The fraction of sp³-hybridized carbons (Fsp3) is 0.562. The fourth-order valence-electron chi connectivity index (χ4n) is 2.61. The number of ether oxygens (including phenoxy) is 1. The highest BCUT2D eigenvalue weighted by Crippen LogP contribution is 2.18. The summed E-state index contributed by atoms with van der Waals surface area (Å²) in [5.74, 6) is 0.904. The zero-order chi connectivity index (χ0) is 14.4. The number of likely N-dealkylation sites (tertiary alicyclic amines) is 1. The van der Waals surface area contributed by atoms with Crippen LogP contribution in [0.5, 0.6) is 5.75 Å². The Morgan fingerprint density at radius 1 is 1.43 bits per heavy atom. The van der Waals surface area contributed by atoms with Crippen molar-refractivity contribution in [2.24, 2.45) is 0 Å². The molecule has 21 heavy (non-hydrogen) atoms. The normalized spacial score (nSPS) is 18.0. The van der Waals surface area contributed by atoms with Gasteiger partial charge in [0.1, 0.15) is 5.75 Å². The SMILES string of the molecule is CCc1ccccc1OCC(=O)N1CCCC(NC)C1.Cl. The van der Waals surface area contributed by atoms with Crippen LogP contribution in [0.1, 0.15) is 25.3 Å². The first-order chi connectivity index (χ1) is 9.74. The van der Waals surface area contributed by atoms with Crippen LogP contribution in [-0.2, 0) is 11.2 Å². The quantitative estimate of drug-likeness (QED) is 0.907. The van der Waals surface area contributed by atoms with Gasteiger partial charge in [0, 0.05) is 19.1 Å². The third kappa shape index (κ3) is 4.90. The number of benzene rings is 1. The molecule has 0 aliphatic carbocycles. The molecule has 1 fully saturated rings. The molecule has 1 heterocycles. The van der Waals surface area contributed by atoms with Crippen LogP contribution < -0.4 is 10.1 Å². The van der Waals surface area contributed by atoms with Gasteiger partial charge in [0.15, 0.2) is 6.61 Å². The van der Waals surface area contributed by atoms with Crippen molar-refractivity contribution in [3.8, 4) is 5.75 Å². The van der Waals surface area contributed by atoms with Gasteiger partial charge >= 0.3 is 0 Å². The molecule has 1 aliphatic rings. The highest BCUT2D eigenvalue weighted by Gasteiger charge is 2.22. The van der Waals surface area contributed by atoms with Crippen molar-refractivity contribution in [1.82, 2.24) is 10.2 Å². The minimum Gasteiger partial charge on any atom is -0.483 e. The number of halogens is 1. The summed E-state index contributed by atoms with van der Waals surface area (Å²) in [4.78, 5) is 14.1. The summed E-state index contributed by atoms with van der Waals surface area (Å²) in [5.41, 5.74) is 1.15. The largest absolute Gasteiger partial charge is 0.483 e. The lowest BCUT2D eigenvalue weighted by Crippen LogP contribution is -2.48. The van der Waals surface area contributed by atoms with Gasteiger partial charge in [-0.25, -0.2) is 0 Å². The van der Waals surface area contributed by atoms with Crippen molar-refractivity contribution in [1.29, 1.82) is 0 Å². The Morgan fingerprint density at radius 2 is 2.19 bits per heavy atom. The van der Waals surface area contributed by atoms with E-state index in [1.807, 2.05) is 36.2 Å². The van der Waals surface area contributed by atoms with Crippen LogP contribution in [0.2, 0.25) is 0 Å². The molecule has 0 saturated carbocycles. The van der Waals surface area contributed by atoms with Crippen molar-refractivity contribution < 1.29 is 9.53 Å². The predicted molar refractivity (Wildman–Crippen MR) is 87.2 cm³/mol. The molecule has 1 aromatic rings. The van der Waals surface area contributed by atoms with E-state index in [4.69, 9.17) is 4.74 Å². The van der Waals surface area contributed by atoms with Crippen molar-refractivity contribution in [3.05, 3.63) is 29.8 Å². The number of hydrogen-bond acceptors (Lipinski definition) is 3. The Morgan fingerprint density at radius 3 is 2.90 bits per heavy atom. The summed E-state index contributed by atoms with van der Waals surface area (Å²) in [6.07, 6.45) is 3.11. The smallest absolute Gasteiger partial charge is 0.260 e. The second kappa shape index (κ2) is 8.90. The number of carbonyl (C=O) groups excluding carboxylic acids is 1. The Labute approximate surface area is 133 Å². The molecule has 1 unspecified atom stereocenters. The summed E-state index contributed by atoms with van der Waals surface area (Å²) in [6, 6.07) is 8.32. The monoisotopic (exact) mass is 312 g/mol. The third-order valence-corrected chi connectivity index (χ3v) is 3.89. The van der Waals surface area contributed by atoms with Gasteiger partial charge < -0.3 is 15.0 Å². The van der Waals surface area contributed by atoms with Crippen LogP contribution in [0.3, 0.4) is 0 Å². The maximum atomic E-state index is 12.2. The number of nitrogens with zero attached hydrogens (tertiary/aromatic N) is 1. The molecule has 0 spiro atoms. The molecule has 0 aromatic heterocycles. The van der Waals surface area contributed by atoms with E-state index in [2.05, 4.69) is 12.2 Å². The topological polar surface area (TPSA) is 41.6 Å². The summed E-state index contributed by atoms with van der Waals surface area (Å²) >= 11 is 0. The molecule has 1 aliphatic heterocycles. The predicted octanol–water partition coefficient (Wildman–Crippen LogP) is 2.26. The molecule has 1 amide bonds. The van der Waals surface area contributed by atoms with Gasteiger partial charge in [-0.15, -0.1) is 12.4 Å². The minimum absolute atomic E-state index is 0. The molecule has 4 nitrogen and oxygen atoms in total. The average Bonchev–Trinajstić information content (AvgIpc) is 2.52. The molecule has 5 heteroatoms. The van der Waals surface area contributed by atoms with Gasteiger partial charge in [0.05, 0.1) is 0 Å². The summed E-state index contributed by atoms with van der Waals surface area (Å²) in [6.45, 7) is 3.85.